The molecule has 0 bridgehead atoms. The number of rotatable bonds is 6. The number of halogens is 1. The van der Waals surface area contributed by atoms with Crippen LogP contribution in [0, 0.1) is 5.82 Å². The summed E-state index contributed by atoms with van der Waals surface area (Å²) in [5, 5.41) is 8.52. The summed E-state index contributed by atoms with van der Waals surface area (Å²) >= 11 is 0. The Morgan fingerprint density at radius 3 is 2.29 bits per heavy atom. The van der Waals surface area contributed by atoms with E-state index >= 15 is 0 Å². The van der Waals surface area contributed by atoms with E-state index in [4.69, 9.17) is 0 Å². The summed E-state index contributed by atoms with van der Waals surface area (Å²) in [4.78, 5) is 14.5. The van der Waals surface area contributed by atoms with Crippen LogP contribution in [0.3, 0.4) is 0 Å². The van der Waals surface area contributed by atoms with Gasteiger partial charge in [-0.25, -0.2) is 4.39 Å². The molecule has 0 fully saturated rings. The van der Waals surface area contributed by atoms with E-state index in [-0.39, 0.29) is 18.3 Å². The number of hydrogen-bond donors (Lipinski definition) is 0. The number of nitrogens with zero attached hydrogens (tertiary/aromatic N) is 3. The second kappa shape index (κ2) is 8.74. The Bertz CT molecular complexity index is 937. The SMILES string of the molecule is CCN(Cc1ccccc1F)C(=O)c1ccc(-c2ccc(C(C)C)nn2)cc1. The van der Waals surface area contributed by atoms with E-state index in [9.17, 15) is 9.18 Å². The fourth-order valence-corrected chi connectivity index (χ4v) is 2.93. The third-order valence-corrected chi connectivity index (χ3v) is 4.69. The molecular formula is C23H24FN3O. The Labute approximate surface area is 165 Å². The molecule has 0 unspecified atom stereocenters. The molecule has 0 aliphatic heterocycles. The van der Waals surface area contributed by atoms with Gasteiger partial charge in [-0.3, -0.25) is 4.79 Å². The number of hydrogen-bond acceptors (Lipinski definition) is 3. The lowest BCUT2D eigenvalue weighted by Gasteiger charge is -2.21. The Morgan fingerprint density at radius 2 is 1.71 bits per heavy atom. The molecule has 144 valence electrons. The summed E-state index contributed by atoms with van der Waals surface area (Å²) in [5.74, 6) is -0.0953. The monoisotopic (exact) mass is 377 g/mol. The molecule has 4 nitrogen and oxygen atoms in total. The molecule has 0 spiro atoms. The van der Waals surface area contributed by atoms with Crippen molar-refractivity contribution in [3.05, 3.63) is 83.3 Å². The third-order valence-electron chi connectivity index (χ3n) is 4.69. The molecule has 28 heavy (non-hydrogen) atoms. The highest BCUT2D eigenvalue weighted by molar-refractivity contribution is 5.94. The Balaban J connectivity index is 1.76. The lowest BCUT2D eigenvalue weighted by Crippen LogP contribution is -2.30. The van der Waals surface area contributed by atoms with Gasteiger partial charge >= 0.3 is 0 Å². The van der Waals surface area contributed by atoms with Gasteiger partial charge in [0.15, 0.2) is 0 Å². The van der Waals surface area contributed by atoms with E-state index < -0.39 is 0 Å². The first-order chi connectivity index (χ1) is 13.5. The average Bonchev–Trinajstić information content (AvgIpc) is 2.73. The van der Waals surface area contributed by atoms with Gasteiger partial charge in [-0.15, -0.1) is 0 Å². The molecule has 5 heteroatoms. The molecule has 0 atom stereocenters. The highest BCUT2D eigenvalue weighted by atomic mass is 19.1. The van der Waals surface area contributed by atoms with Crippen LogP contribution < -0.4 is 0 Å². The van der Waals surface area contributed by atoms with Crippen molar-refractivity contribution < 1.29 is 9.18 Å². The average molecular weight is 377 g/mol. The van der Waals surface area contributed by atoms with Crippen LogP contribution >= 0.6 is 0 Å². The minimum absolute atomic E-state index is 0.126. The molecule has 3 aromatic rings. The van der Waals surface area contributed by atoms with Crippen molar-refractivity contribution in [2.75, 3.05) is 6.54 Å². The zero-order chi connectivity index (χ0) is 20.1. The molecule has 0 aliphatic rings. The molecular weight excluding hydrogens is 353 g/mol. The fourth-order valence-electron chi connectivity index (χ4n) is 2.93. The third kappa shape index (κ3) is 4.42. The van der Waals surface area contributed by atoms with Crippen molar-refractivity contribution in [2.24, 2.45) is 0 Å². The summed E-state index contributed by atoms with van der Waals surface area (Å²) in [6.45, 7) is 6.78. The van der Waals surface area contributed by atoms with Crippen molar-refractivity contribution in [1.82, 2.24) is 15.1 Å². The van der Waals surface area contributed by atoms with Gasteiger partial charge in [0.1, 0.15) is 5.82 Å². The molecule has 1 heterocycles. The van der Waals surface area contributed by atoms with Crippen molar-refractivity contribution in [2.45, 2.75) is 33.2 Å². The lowest BCUT2D eigenvalue weighted by molar-refractivity contribution is 0.0751. The predicted molar refractivity (Wildman–Crippen MR) is 108 cm³/mol. The molecule has 0 saturated carbocycles. The summed E-state index contributed by atoms with van der Waals surface area (Å²) in [6.07, 6.45) is 0. The minimum Gasteiger partial charge on any atom is -0.334 e. The van der Waals surface area contributed by atoms with E-state index in [1.807, 2.05) is 31.2 Å². The van der Waals surface area contributed by atoms with Crippen LogP contribution in [0.1, 0.15) is 48.3 Å². The van der Waals surface area contributed by atoms with Crippen LogP contribution in [0.5, 0.6) is 0 Å². The molecule has 0 radical (unpaired) electrons. The zero-order valence-electron chi connectivity index (χ0n) is 16.4. The predicted octanol–water partition coefficient (Wildman–Crippen LogP) is 5.07. The van der Waals surface area contributed by atoms with Gasteiger partial charge < -0.3 is 4.90 Å². The molecule has 2 aromatic carbocycles. The van der Waals surface area contributed by atoms with E-state index in [1.165, 1.54) is 6.07 Å². The van der Waals surface area contributed by atoms with Crippen molar-refractivity contribution in [3.63, 3.8) is 0 Å². The normalized spacial score (nSPS) is 10.9. The van der Waals surface area contributed by atoms with Crippen LogP contribution in [-0.4, -0.2) is 27.5 Å². The van der Waals surface area contributed by atoms with Crippen LogP contribution in [0.15, 0.2) is 60.7 Å². The minimum atomic E-state index is -0.299. The number of benzene rings is 2. The molecule has 0 N–H and O–H groups in total. The van der Waals surface area contributed by atoms with Crippen LogP contribution in [-0.2, 0) is 6.54 Å². The first-order valence-electron chi connectivity index (χ1n) is 9.46. The molecule has 3 rings (SSSR count). The first kappa shape index (κ1) is 19.7. The van der Waals surface area contributed by atoms with Gasteiger partial charge in [-0.2, -0.15) is 10.2 Å². The number of amides is 1. The van der Waals surface area contributed by atoms with Crippen LogP contribution in [0.4, 0.5) is 4.39 Å². The second-order valence-electron chi connectivity index (χ2n) is 6.99. The maximum absolute atomic E-state index is 13.9. The maximum Gasteiger partial charge on any atom is 0.254 e. The van der Waals surface area contributed by atoms with E-state index in [0.717, 1.165) is 17.0 Å². The number of aromatic nitrogens is 2. The highest BCUT2D eigenvalue weighted by Gasteiger charge is 2.16. The number of carbonyl (C=O) groups is 1. The summed E-state index contributed by atoms with van der Waals surface area (Å²) in [7, 11) is 0. The maximum atomic E-state index is 13.9. The largest absolute Gasteiger partial charge is 0.334 e. The van der Waals surface area contributed by atoms with Crippen LogP contribution in [0.2, 0.25) is 0 Å². The van der Waals surface area contributed by atoms with E-state index in [1.54, 1.807) is 35.2 Å². The number of carbonyl (C=O) groups excluding carboxylic acids is 1. The zero-order valence-corrected chi connectivity index (χ0v) is 16.4. The van der Waals surface area contributed by atoms with Gasteiger partial charge in [-0.05, 0) is 43.2 Å². The van der Waals surface area contributed by atoms with Crippen molar-refractivity contribution >= 4 is 5.91 Å². The van der Waals surface area contributed by atoms with Crippen LogP contribution in [0.25, 0.3) is 11.3 Å². The molecule has 1 aromatic heterocycles. The lowest BCUT2D eigenvalue weighted by atomic mass is 10.1. The van der Waals surface area contributed by atoms with Gasteiger partial charge in [0.25, 0.3) is 5.91 Å². The summed E-state index contributed by atoms with van der Waals surface area (Å²) in [5.41, 5.74) is 3.68. The van der Waals surface area contributed by atoms with Crippen molar-refractivity contribution in [1.29, 1.82) is 0 Å². The van der Waals surface area contributed by atoms with Crippen molar-refractivity contribution in [3.8, 4) is 11.3 Å². The first-order valence-corrected chi connectivity index (χ1v) is 9.46. The summed E-state index contributed by atoms with van der Waals surface area (Å²) < 4.78 is 13.9. The Morgan fingerprint density at radius 1 is 1.00 bits per heavy atom. The van der Waals surface area contributed by atoms with E-state index in [2.05, 4.69) is 24.0 Å². The topological polar surface area (TPSA) is 46.1 Å². The van der Waals surface area contributed by atoms with Gasteiger partial charge in [0.05, 0.1) is 11.4 Å². The molecule has 0 aliphatic carbocycles. The molecule has 0 saturated heterocycles. The smallest absolute Gasteiger partial charge is 0.254 e. The fraction of sp³-hybridized carbons (Fsp3) is 0.261. The van der Waals surface area contributed by atoms with Gasteiger partial charge in [-0.1, -0.05) is 44.2 Å². The van der Waals surface area contributed by atoms with E-state index in [0.29, 0.717) is 23.6 Å². The Hall–Kier alpha value is -3.08. The van der Waals surface area contributed by atoms with Gasteiger partial charge in [0, 0.05) is 29.8 Å². The summed E-state index contributed by atoms with van der Waals surface area (Å²) in [6, 6.07) is 17.7. The Kier molecular flexibility index (Phi) is 6.14. The standard InChI is InChI=1S/C23H24FN3O/c1-4-27(15-19-7-5-6-8-20(19)24)23(28)18-11-9-17(10-12-18)22-14-13-21(16(2)3)25-26-22/h5-14,16H,4,15H2,1-3H3. The second-order valence-corrected chi connectivity index (χ2v) is 6.99. The van der Waals surface area contributed by atoms with Gasteiger partial charge in [0.2, 0.25) is 0 Å². The highest BCUT2D eigenvalue weighted by Crippen LogP contribution is 2.20. The molecule has 1 amide bonds. The quantitative estimate of drug-likeness (QED) is 0.603.